The van der Waals surface area contributed by atoms with Crippen molar-refractivity contribution in [3.8, 4) is 34.0 Å². The largest absolute Gasteiger partial charge is 0.321 e. The number of rotatable bonds is 4. The maximum absolute atomic E-state index is 6.56. The summed E-state index contributed by atoms with van der Waals surface area (Å²) in [6.45, 7) is 0. The summed E-state index contributed by atoms with van der Waals surface area (Å²) < 4.78 is 1.91. The summed E-state index contributed by atoms with van der Waals surface area (Å²) in [5.41, 5.74) is 13.2. The highest BCUT2D eigenvalue weighted by atomic mass is 15.3. The van der Waals surface area contributed by atoms with Crippen LogP contribution in [-0.2, 0) is 5.54 Å². The molecule has 0 bridgehead atoms. The van der Waals surface area contributed by atoms with Gasteiger partial charge in [-0.3, -0.25) is 9.50 Å². The van der Waals surface area contributed by atoms with E-state index in [4.69, 9.17) is 10.7 Å². The molecule has 2 aromatic carbocycles. The first-order valence-electron chi connectivity index (χ1n) is 11.7. The van der Waals surface area contributed by atoms with Gasteiger partial charge in [-0.25, -0.2) is 9.97 Å². The summed E-state index contributed by atoms with van der Waals surface area (Å²) in [4.78, 5) is 9.35. The van der Waals surface area contributed by atoms with Crippen molar-refractivity contribution in [2.75, 3.05) is 0 Å². The highest BCUT2D eigenvalue weighted by molar-refractivity contribution is 5.98. The van der Waals surface area contributed by atoms with Crippen LogP contribution in [0.4, 0.5) is 0 Å². The number of aromatic amines is 1. The number of nitrogens with two attached hydrogens (primary N) is 1. The SMILES string of the molecule is NC1(c2ccc(-c3nc4ccn5c(-c6ncn[nH]6)nnc5c4cc3-c3ccccc3)cc2)CCC1. The predicted molar refractivity (Wildman–Crippen MR) is 134 cm³/mol. The molecule has 0 unspecified atom stereocenters. The van der Waals surface area contributed by atoms with Crippen LogP contribution < -0.4 is 5.73 Å². The van der Waals surface area contributed by atoms with Crippen LogP contribution in [0, 0.1) is 0 Å². The minimum absolute atomic E-state index is 0.182. The predicted octanol–water partition coefficient (Wildman–Crippen LogP) is 4.73. The molecule has 6 aromatic rings. The highest BCUT2D eigenvalue weighted by Crippen LogP contribution is 2.40. The normalized spacial score (nSPS) is 14.9. The van der Waals surface area contributed by atoms with Crippen molar-refractivity contribution in [3.05, 3.63) is 84.8 Å². The second-order valence-corrected chi connectivity index (χ2v) is 9.14. The average molecular weight is 459 g/mol. The Morgan fingerprint density at radius 3 is 2.46 bits per heavy atom. The number of aromatic nitrogens is 7. The standard InChI is InChI=1S/C27H22N8/c28-27(12-4-13-27)19-9-7-18(8-10-19)23-20(17-5-2-1-3-6-17)15-21-22(31-23)11-14-35-25(21)33-34-26(35)24-29-16-30-32-24/h1-3,5-11,14-16H,4,12-13,28H2,(H,29,30,32). The molecule has 0 aliphatic heterocycles. The van der Waals surface area contributed by atoms with E-state index in [0.29, 0.717) is 11.6 Å². The molecule has 3 N–H and O–H groups in total. The quantitative estimate of drug-likeness (QED) is 0.395. The van der Waals surface area contributed by atoms with Crippen molar-refractivity contribution in [1.82, 2.24) is 34.8 Å². The van der Waals surface area contributed by atoms with E-state index in [0.717, 1.165) is 51.8 Å². The molecule has 7 rings (SSSR count). The highest BCUT2D eigenvalue weighted by Gasteiger charge is 2.34. The van der Waals surface area contributed by atoms with Gasteiger partial charge in [0, 0.05) is 28.2 Å². The average Bonchev–Trinajstić information content (AvgIpc) is 3.57. The summed E-state index contributed by atoms with van der Waals surface area (Å²) in [6, 6.07) is 23.0. The summed E-state index contributed by atoms with van der Waals surface area (Å²) in [6.07, 6.45) is 6.66. The molecule has 4 heterocycles. The molecular weight excluding hydrogens is 436 g/mol. The smallest absolute Gasteiger partial charge is 0.205 e. The number of hydrogen-bond acceptors (Lipinski definition) is 6. The van der Waals surface area contributed by atoms with Crippen molar-refractivity contribution < 1.29 is 0 Å². The molecule has 1 saturated carbocycles. The molecule has 35 heavy (non-hydrogen) atoms. The molecule has 1 aliphatic carbocycles. The first-order valence-corrected chi connectivity index (χ1v) is 11.7. The zero-order valence-corrected chi connectivity index (χ0v) is 18.9. The molecule has 8 heteroatoms. The lowest BCUT2D eigenvalue weighted by Gasteiger charge is -2.38. The van der Waals surface area contributed by atoms with Crippen LogP contribution in [0.2, 0.25) is 0 Å². The molecule has 0 spiro atoms. The van der Waals surface area contributed by atoms with Gasteiger partial charge in [0.15, 0.2) is 11.5 Å². The van der Waals surface area contributed by atoms with Crippen LogP contribution in [-0.4, -0.2) is 34.8 Å². The number of benzene rings is 2. The Hall–Kier alpha value is -4.43. The molecule has 0 saturated heterocycles. The van der Waals surface area contributed by atoms with Gasteiger partial charge in [0.2, 0.25) is 5.82 Å². The fourth-order valence-corrected chi connectivity index (χ4v) is 4.93. The van der Waals surface area contributed by atoms with E-state index in [-0.39, 0.29) is 5.54 Å². The summed E-state index contributed by atoms with van der Waals surface area (Å²) in [5, 5.41) is 16.5. The molecule has 0 amide bonds. The number of H-pyrrole nitrogens is 1. The molecule has 1 fully saturated rings. The van der Waals surface area contributed by atoms with Crippen LogP contribution >= 0.6 is 0 Å². The van der Waals surface area contributed by atoms with Crippen LogP contribution in [0.1, 0.15) is 24.8 Å². The van der Waals surface area contributed by atoms with Gasteiger partial charge in [0.05, 0.1) is 11.2 Å². The number of nitrogens with one attached hydrogen (secondary N) is 1. The van der Waals surface area contributed by atoms with Gasteiger partial charge in [-0.05, 0) is 42.5 Å². The van der Waals surface area contributed by atoms with Gasteiger partial charge in [-0.1, -0.05) is 54.6 Å². The van der Waals surface area contributed by atoms with E-state index in [1.54, 1.807) is 0 Å². The molecule has 0 radical (unpaired) electrons. The Morgan fingerprint density at radius 1 is 0.914 bits per heavy atom. The van der Waals surface area contributed by atoms with E-state index in [2.05, 4.69) is 67.8 Å². The monoisotopic (exact) mass is 458 g/mol. The van der Waals surface area contributed by atoms with E-state index in [1.807, 2.05) is 34.9 Å². The molecular formula is C27H22N8. The molecule has 4 aromatic heterocycles. The molecule has 1 aliphatic rings. The molecule has 8 nitrogen and oxygen atoms in total. The number of nitrogens with zero attached hydrogens (tertiary/aromatic N) is 6. The van der Waals surface area contributed by atoms with Crippen molar-refractivity contribution in [2.24, 2.45) is 5.73 Å². The fraction of sp³-hybridized carbons (Fsp3) is 0.148. The first-order chi connectivity index (χ1) is 17.2. The van der Waals surface area contributed by atoms with Crippen LogP contribution in [0.25, 0.3) is 50.6 Å². The Labute approximate surface area is 200 Å². The lowest BCUT2D eigenvalue weighted by Crippen LogP contribution is -2.43. The van der Waals surface area contributed by atoms with Crippen molar-refractivity contribution >= 4 is 16.6 Å². The van der Waals surface area contributed by atoms with Crippen molar-refractivity contribution in [2.45, 2.75) is 24.8 Å². The van der Waals surface area contributed by atoms with Gasteiger partial charge in [-0.15, -0.1) is 10.2 Å². The van der Waals surface area contributed by atoms with Gasteiger partial charge in [0.1, 0.15) is 6.33 Å². The molecule has 0 atom stereocenters. The van der Waals surface area contributed by atoms with Crippen LogP contribution in [0.5, 0.6) is 0 Å². The second kappa shape index (κ2) is 7.54. The Balaban J connectivity index is 1.43. The van der Waals surface area contributed by atoms with Gasteiger partial charge in [-0.2, -0.15) is 5.10 Å². The zero-order chi connectivity index (χ0) is 23.4. The van der Waals surface area contributed by atoms with Gasteiger partial charge in [0.25, 0.3) is 0 Å². The van der Waals surface area contributed by atoms with E-state index in [9.17, 15) is 0 Å². The third-order valence-electron chi connectivity index (χ3n) is 7.06. The number of hydrogen-bond donors (Lipinski definition) is 2. The third kappa shape index (κ3) is 3.14. The Morgan fingerprint density at radius 2 is 1.74 bits per heavy atom. The zero-order valence-electron chi connectivity index (χ0n) is 18.9. The minimum Gasteiger partial charge on any atom is -0.321 e. The number of fused-ring (bicyclic) bond motifs is 3. The van der Waals surface area contributed by atoms with Crippen LogP contribution in [0.15, 0.2) is 79.3 Å². The van der Waals surface area contributed by atoms with Gasteiger partial charge < -0.3 is 5.73 Å². The lowest BCUT2D eigenvalue weighted by molar-refractivity contribution is 0.253. The second-order valence-electron chi connectivity index (χ2n) is 9.14. The third-order valence-corrected chi connectivity index (χ3v) is 7.06. The maximum Gasteiger partial charge on any atom is 0.205 e. The Kier molecular flexibility index (Phi) is 4.31. The Bertz CT molecular complexity index is 1660. The number of pyridine rings is 2. The van der Waals surface area contributed by atoms with Crippen LogP contribution in [0.3, 0.4) is 0 Å². The van der Waals surface area contributed by atoms with E-state index in [1.165, 1.54) is 18.3 Å². The fourth-order valence-electron chi connectivity index (χ4n) is 4.93. The van der Waals surface area contributed by atoms with Crippen molar-refractivity contribution in [3.63, 3.8) is 0 Å². The molecule has 170 valence electrons. The summed E-state index contributed by atoms with van der Waals surface area (Å²) >= 11 is 0. The van der Waals surface area contributed by atoms with Gasteiger partial charge >= 0.3 is 0 Å². The maximum atomic E-state index is 6.56. The minimum atomic E-state index is -0.182. The summed E-state index contributed by atoms with van der Waals surface area (Å²) in [5.74, 6) is 1.17. The lowest BCUT2D eigenvalue weighted by atomic mass is 9.72. The van der Waals surface area contributed by atoms with E-state index < -0.39 is 0 Å². The van der Waals surface area contributed by atoms with E-state index >= 15 is 0 Å². The van der Waals surface area contributed by atoms with Crippen molar-refractivity contribution in [1.29, 1.82) is 0 Å². The summed E-state index contributed by atoms with van der Waals surface area (Å²) in [7, 11) is 0. The first kappa shape index (κ1) is 20.0. The topological polar surface area (TPSA) is 111 Å².